The Kier molecular flexibility index (Phi) is 5.78. The summed E-state index contributed by atoms with van der Waals surface area (Å²) in [7, 11) is -2.03. The highest BCUT2D eigenvalue weighted by atomic mass is 35.5. The normalized spacial score (nSPS) is 11.7. The fraction of sp³-hybridized carbons (Fsp3) is 0.133. The van der Waals surface area contributed by atoms with Crippen molar-refractivity contribution < 1.29 is 35.2 Å². The number of hydrogen-bond acceptors (Lipinski definition) is 3. The van der Waals surface area contributed by atoms with Gasteiger partial charge in [0, 0.05) is 25.7 Å². The van der Waals surface area contributed by atoms with Crippen molar-refractivity contribution in [3.8, 4) is 11.1 Å². The second kappa shape index (κ2) is 7.41. The molecule has 0 aliphatic heterocycles. The van der Waals surface area contributed by atoms with Crippen molar-refractivity contribution in [2.45, 2.75) is 0 Å². The third-order valence-electron chi connectivity index (χ3n) is 3.39. The molecular weight excluding hydrogens is 419 g/mol. The van der Waals surface area contributed by atoms with E-state index in [-0.39, 0.29) is 6.07 Å². The fourth-order valence-corrected chi connectivity index (χ4v) is 2.75. The van der Waals surface area contributed by atoms with Gasteiger partial charge in [-0.05, 0) is 12.1 Å². The number of carbonyl (C=O) groups is 1. The first-order valence-corrected chi connectivity index (χ1v) is 8.75. The minimum absolute atomic E-state index is 0.00194. The Morgan fingerprint density at radius 1 is 0.963 bits per heavy atom. The third kappa shape index (κ3) is 4.04. The summed E-state index contributed by atoms with van der Waals surface area (Å²) in [4.78, 5) is 12.1. The molecule has 1 N–H and O–H groups in total. The van der Waals surface area contributed by atoms with E-state index in [2.05, 4.69) is 0 Å². The lowest BCUT2D eigenvalue weighted by molar-refractivity contribution is 0.0980. The molecule has 2 aromatic carbocycles. The van der Waals surface area contributed by atoms with Crippen molar-refractivity contribution in [2.75, 3.05) is 14.1 Å². The lowest BCUT2D eigenvalue weighted by atomic mass is 10.0. The van der Waals surface area contributed by atoms with E-state index in [1.54, 1.807) is 4.72 Å². The Morgan fingerprint density at radius 2 is 1.56 bits per heavy atom. The second-order valence-electron chi connectivity index (χ2n) is 5.37. The molecule has 0 atom stereocenters. The third-order valence-corrected chi connectivity index (χ3v) is 5.10. The van der Waals surface area contributed by atoms with E-state index in [0.29, 0.717) is 16.4 Å². The second-order valence-corrected chi connectivity index (χ2v) is 7.67. The van der Waals surface area contributed by atoms with Crippen molar-refractivity contribution in [1.29, 1.82) is 0 Å². The molecule has 0 saturated heterocycles. The van der Waals surface area contributed by atoms with Gasteiger partial charge in [-0.3, -0.25) is 4.79 Å². The van der Waals surface area contributed by atoms with Crippen LogP contribution in [0.1, 0.15) is 10.4 Å². The monoisotopic (exact) mass is 428 g/mol. The molecule has 0 saturated carbocycles. The molecule has 2 rings (SSSR count). The summed E-state index contributed by atoms with van der Waals surface area (Å²) in [6.45, 7) is 0. The lowest BCUT2D eigenvalue weighted by Gasteiger charge is -2.14. The minimum atomic E-state index is -4.25. The molecule has 0 heterocycles. The Labute approximate surface area is 155 Å². The van der Waals surface area contributed by atoms with Crippen LogP contribution in [0.2, 0.25) is 5.02 Å². The van der Waals surface area contributed by atoms with Crippen molar-refractivity contribution in [3.05, 3.63) is 57.9 Å². The fourth-order valence-electron chi connectivity index (χ4n) is 1.99. The van der Waals surface area contributed by atoms with Crippen molar-refractivity contribution in [1.82, 2.24) is 9.03 Å². The van der Waals surface area contributed by atoms with E-state index >= 15 is 0 Å². The number of hydrogen-bond donors (Lipinski definition) is 1. The predicted molar refractivity (Wildman–Crippen MR) is 86.8 cm³/mol. The maximum atomic E-state index is 14.1. The summed E-state index contributed by atoms with van der Waals surface area (Å²) >= 11 is 5.70. The van der Waals surface area contributed by atoms with Crippen LogP contribution < -0.4 is 4.72 Å². The average molecular weight is 429 g/mol. The largest absolute Gasteiger partial charge is 0.303 e. The quantitative estimate of drug-likeness (QED) is 0.462. The van der Waals surface area contributed by atoms with Crippen LogP contribution in [0.5, 0.6) is 0 Å². The zero-order chi connectivity index (χ0) is 20.7. The number of rotatable bonds is 4. The molecule has 2 aromatic rings. The number of nitrogens with one attached hydrogen (secondary N) is 1. The van der Waals surface area contributed by atoms with Crippen LogP contribution in [0.4, 0.5) is 22.0 Å². The highest BCUT2D eigenvalue weighted by Crippen LogP contribution is 2.34. The molecule has 0 radical (unpaired) electrons. The maximum Gasteiger partial charge on any atom is 0.303 e. The summed E-state index contributed by atoms with van der Waals surface area (Å²) in [5.74, 6) is -10.2. The van der Waals surface area contributed by atoms with Crippen LogP contribution in [-0.2, 0) is 10.2 Å². The van der Waals surface area contributed by atoms with E-state index in [4.69, 9.17) is 11.6 Å². The molecule has 0 aliphatic carbocycles. The zero-order valence-corrected chi connectivity index (χ0v) is 15.2. The number of amides is 1. The molecule has 0 spiro atoms. The summed E-state index contributed by atoms with van der Waals surface area (Å²) in [5.41, 5.74) is -2.91. The van der Waals surface area contributed by atoms with Gasteiger partial charge in [-0.15, -0.1) is 0 Å². The number of halogens is 6. The number of carbonyl (C=O) groups excluding carboxylic acids is 1. The van der Waals surface area contributed by atoms with Crippen LogP contribution in [-0.4, -0.2) is 32.7 Å². The van der Waals surface area contributed by atoms with E-state index < -0.39 is 66.9 Å². The summed E-state index contributed by atoms with van der Waals surface area (Å²) in [6, 6.07) is 1.00. The van der Waals surface area contributed by atoms with Gasteiger partial charge in [-0.2, -0.15) is 12.7 Å². The van der Waals surface area contributed by atoms with Crippen LogP contribution in [0.3, 0.4) is 0 Å². The zero-order valence-electron chi connectivity index (χ0n) is 13.6. The SMILES string of the molecule is CN(C)S(=O)(=O)NC(=O)c1cc(-c2c(F)cc(F)c(F)c2F)c(F)cc1Cl. The summed E-state index contributed by atoms with van der Waals surface area (Å²) in [6.07, 6.45) is 0. The van der Waals surface area contributed by atoms with Gasteiger partial charge in [-0.25, -0.2) is 26.7 Å². The summed E-state index contributed by atoms with van der Waals surface area (Å²) < 4.78 is 94.1. The van der Waals surface area contributed by atoms with Gasteiger partial charge < -0.3 is 0 Å². The van der Waals surface area contributed by atoms with Crippen molar-refractivity contribution in [2.24, 2.45) is 0 Å². The van der Waals surface area contributed by atoms with Gasteiger partial charge in [0.15, 0.2) is 17.5 Å². The first kappa shape index (κ1) is 21.1. The Morgan fingerprint density at radius 3 is 2.11 bits per heavy atom. The van der Waals surface area contributed by atoms with Gasteiger partial charge in [0.2, 0.25) is 0 Å². The van der Waals surface area contributed by atoms with Gasteiger partial charge >= 0.3 is 10.2 Å². The Bertz CT molecular complexity index is 1040. The highest BCUT2D eigenvalue weighted by Gasteiger charge is 2.26. The Hall–Kier alpha value is -2.24. The topological polar surface area (TPSA) is 66.5 Å². The molecule has 12 heteroatoms. The van der Waals surface area contributed by atoms with Gasteiger partial charge in [-0.1, -0.05) is 11.6 Å². The Balaban J connectivity index is 2.65. The van der Waals surface area contributed by atoms with Gasteiger partial charge in [0.05, 0.1) is 16.1 Å². The molecule has 5 nitrogen and oxygen atoms in total. The van der Waals surface area contributed by atoms with Crippen LogP contribution >= 0.6 is 11.6 Å². The predicted octanol–water partition coefficient (Wildman–Crippen LogP) is 3.24. The smallest absolute Gasteiger partial charge is 0.268 e. The molecular formula is C15H10ClF5N2O3S. The van der Waals surface area contributed by atoms with E-state index in [1.165, 1.54) is 0 Å². The van der Waals surface area contributed by atoms with Gasteiger partial charge in [0.1, 0.15) is 11.6 Å². The van der Waals surface area contributed by atoms with Crippen LogP contribution in [0.15, 0.2) is 18.2 Å². The number of benzene rings is 2. The van der Waals surface area contributed by atoms with E-state index in [0.717, 1.165) is 14.1 Å². The molecule has 146 valence electrons. The van der Waals surface area contributed by atoms with E-state index in [1.807, 2.05) is 0 Å². The van der Waals surface area contributed by atoms with Crippen molar-refractivity contribution in [3.63, 3.8) is 0 Å². The molecule has 27 heavy (non-hydrogen) atoms. The first-order valence-electron chi connectivity index (χ1n) is 6.93. The van der Waals surface area contributed by atoms with Crippen LogP contribution in [0.25, 0.3) is 11.1 Å². The standard InChI is InChI=1S/C15H10ClF5N2O3S/c1-23(2)27(25,26)22-15(24)6-3-7(9(17)4-8(6)16)12-10(18)5-11(19)13(20)14(12)21/h3-5H,1-2H3,(H,22,24). The first-order chi connectivity index (χ1) is 12.4. The van der Waals surface area contributed by atoms with Crippen LogP contribution in [0, 0.1) is 29.1 Å². The van der Waals surface area contributed by atoms with E-state index in [9.17, 15) is 35.2 Å². The maximum absolute atomic E-state index is 14.1. The molecule has 0 aliphatic rings. The minimum Gasteiger partial charge on any atom is -0.268 e. The summed E-state index contributed by atoms with van der Waals surface area (Å²) in [5, 5.41) is -0.578. The molecule has 0 aromatic heterocycles. The highest BCUT2D eigenvalue weighted by molar-refractivity contribution is 7.87. The molecule has 0 bridgehead atoms. The van der Waals surface area contributed by atoms with Gasteiger partial charge in [0.25, 0.3) is 5.91 Å². The van der Waals surface area contributed by atoms with Crippen molar-refractivity contribution >= 4 is 27.7 Å². The lowest BCUT2D eigenvalue weighted by Crippen LogP contribution is -2.39. The number of nitrogens with zero attached hydrogens (tertiary/aromatic N) is 1. The average Bonchev–Trinajstić information content (AvgIpc) is 2.54. The molecule has 0 unspecified atom stereocenters. The molecule has 0 fully saturated rings. The molecule has 1 amide bonds.